The standard InChI is InChI=1S/C13H16N2O4S/c1-18-9-3-4-11(19-2)10(7-9)14-12(16)8-15-5-6-20-13(15)17/h3-4,7H,5-6,8H2,1-2H3,(H,14,16). The predicted molar refractivity (Wildman–Crippen MR) is 77.6 cm³/mol. The number of hydrogen-bond acceptors (Lipinski definition) is 5. The number of amides is 2. The van der Waals surface area contributed by atoms with Crippen LogP contribution in [0.4, 0.5) is 10.5 Å². The molecular formula is C13H16N2O4S. The van der Waals surface area contributed by atoms with Crippen LogP contribution in [0.3, 0.4) is 0 Å². The fourth-order valence-electron chi connectivity index (χ4n) is 1.84. The number of nitrogens with one attached hydrogen (secondary N) is 1. The summed E-state index contributed by atoms with van der Waals surface area (Å²) in [5.74, 6) is 1.64. The first-order valence-electron chi connectivity index (χ1n) is 6.07. The molecule has 20 heavy (non-hydrogen) atoms. The molecule has 0 saturated carbocycles. The van der Waals surface area contributed by atoms with Gasteiger partial charge in [0, 0.05) is 18.4 Å². The lowest BCUT2D eigenvalue weighted by molar-refractivity contribution is -0.116. The summed E-state index contributed by atoms with van der Waals surface area (Å²) in [6, 6.07) is 5.14. The van der Waals surface area contributed by atoms with Crippen molar-refractivity contribution in [3.8, 4) is 11.5 Å². The Bertz CT molecular complexity index is 521. The van der Waals surface area contributed by atoms with Crippen LogP contribution in [-0.2, 0) is 4.79 Å². The van der Waals surface area contributed by atoms with E-state index in [1.54, 1.807) is 25.3 Å². The quantitative estimate of drug-likeness (QED) is 0.897. The van der Waals surface area contributed by atoms with Crippen LogP contribution in [0.25, 0.3) is 0 Å². The molecule has 6 nitrogen and oxygen atoms in total. The molecule has 0 atom stereocenters. The van der Waals surface area contributed by atoms with Crippen LogP contribution < -0.4 is 14.8 Å². The molecule has 1 heterocycles. The van der Waals surface area contributed by atoms with E-state index in [0.717, 1.165) is 5.75 Å². The molecule has 7 heteroatoms. The van der Waals surface area contributed by atoms with Gasteiger partial charge in [-0.1, -0.05) is 11.8 Å². The van der Waals surface area contributed by atoms with Gasteiger partial charge in [-0.15, -0.1) is 0 Å². The van der Waals surface area contributed by atoms with E-state index in [-0.39, 0.29) is 17.7 Å². The SMILES string of the molecule is COc1ccc(OC)c(NC(=O)CN2CCSC2=O)c1. The van der Waals surface area contributed by atoms with Crippen LogP contribution in [-0.4, -0.2) is 49.1 Å². The number of benzene rings is 1. The summed E-state index contributed by atoms with van der Waals surface area (Å²) < 4.78 is 10.3. The molecule has 1 aliphatic rings. The minimum absolute atomic E-state index is 0.0478. The van der Waals surface area contributed by atoms with Crippen LogP contribution in [0.15, 0.2) is 18.2 Å². The lowest BCUT2D eigenvalue weighted by Gasteiger charge is -2.15. The van der Waals surface area contributed by atoms with Gasteiger partial charge in [0.1, 0.15) is 18.0 Å². The third-order valence-corrected chi connectivity index (χ3v) is 3.75. The number of methoxy groups -OCH3 is 2. The average molecular weight is 296 g/mol. The van der Waals surface area contributed by atoms with Gasteiger partial charge in [0.2, 0.25) is 5.91 Å². The maximum absolute atomic E-state index is 12.0. The molecule has 1 saturated heterocycles. The minimum Gasteiger partial charge on any atom is -0.497 e. The zero-order valence-electron chi connectivity index (χ0n) is 11.3. The number of nitrogens with zero attached hydrogens (tertiary/aromatic N) is 1. The van der Waals surface area contributed by atoms with Crippen molar-refractivity contribution in [1.82, 2.24) is 4.90 Å². The smallest absolute Gasteiger partial charge is 0.282 e. The largest absolute Gasteiger partial charge is 0.497 e. The maximum atomic E-state index is 12.0. The van der Waals surface area contributed by atoms with Gasteiger partial charge in [0.05, 0.1) is 19.9 Å². The first-order valence-corrected chi connectivity index (χ1v) is 7.06. The van der Waals surface area contributed by atoms with E-state index in [0.29, 0.717) is 23.7 Å². The van der Waals surface area contributed by atoms with Crippen molar-refractivity contribution in [1.29, 1.82) is 0 Å². The van der Waals surface area contributed by atoms with Gasteiger partial charge in [-0.2, -0.15) is 0 Å². The molecule has 1 aromatic rings. The monoisotopic (exact) mass is 296 g/mol. The summed E-state index contributed by atoms with van der Waals surface area (Å²) in [7, 11) is 3.08. The fraction of sp³-hybridized carbons (Fsp3) is 0.385. The summed E-state index contributed by atoms with van der Waals surface area (Å²) in [5, 5.41) is 2.68. The van der Waals surface area contributed by atoms with E-state index in [4.69, 9.17) is 9.47 Å². The molecule has 2 amide bonds. The Morgan fingerprint density at radius 1 is 1.40 bits per heavy atom. The molecule has 1 aliphatic heterocycles. The van der Waals surface area contributed by atoms with E-state index in [1.165, 1.54) is 23.8 Å². The van der Waals surface area contributed by atoms with Crippen LogP contribution >= 0.6 is 11.8 Å². The van der Waals surface area contributed by atoms with Crippen LogP contribution in [0.1, 0.15) is 0 Å². The highest BCUT2D eigenvalue weighted by Gasteiger charge is 2.23. The summed E-state index contributed by atoms with van der Waals surface area (Å²) in [5.41, 5.74) is 0.524. The number of hydrogen-bond donors (Lipinski definition) is 1. The van der Waals surface area contributed by atoms with Gasteiger partial charge in [-0.05, 0) is 12.1 Å². The average Bonchev–Trinajstić information content (AvgIpc) is 2.84. The van der Waals surface area contributed by atoms with Crippen molar-refractivity contribution in [3.05, 3.63) is 18.2 Å². The highest BCUT2D eigenvalue weighted by Crippen LogP contribution is 2.29. The lowest BCUT2D eigenvalue weighted by atomic mass is 10.2. The van der Waals surface area contributed by atoms with Gasteiger partial charge in [0.25, 0.3) is 5.24 Å². The first-order chi connectivity index (χ1) is 9.63. The molecular weight excluding hydrogens is 280 g/mol. The molecule has 1 N–H and O–H groups in total. The molecule has 108 valence electrons. The second-order valence-corrected chi connectivity index (χ2v) is 5.20. The van der Waals surface area contributed by atoms with Crippen molar-refractivity contribution < 1.29 is 19.1 Å². The van der Waals surface area contributed by atoms with Crippen molar-refractivity contribution in [2.24, 2.45) is 0 Å². The number of carbonyl (C=O) groups is 2. The van der Waals surface area contributed by atoms with Gasteiger partial charge in [-0.25, -0.2) is 0 Å². The van der Waals surface area contributed by atoms with Gasteiger partial charge in [-0.3, -0.25) is 9.59 Å². The molecule has 2 rings (SSSR count). The number of ether oxygens (including phenoxy) is 2. The number of rotatable bonds is 5. The number of carbonyl (C=O) groups excluding carboxylic acids is 2. The van der Waals surface area contributed by atoms with Gasteiger partial charge in [0.15, 0.2) is 0 Å². The van der Waals surface area contributed by atoms with Crippen LogP contribution in [0, 0.1) is 0 Å². The van der Waals surface area contributed by atoms with E-state index in [9.17, 15) is 9.59 Å². The molecule has 0 radical (unpaired) electrons. The second kappa shape index (κ2) is 6.51. The Kier molecular flexibility index (Phi) is 4.73. The highest BCUT2D eigenvalue weighted by molar-refractivity contribution is 8.13. The maximum Gasteiger partial charge on any atom is 0.282 e. The normalized spacial score (nSPS) is 14.3. The predicted octanol–water partition coefficient (Wildman–Crippen LogP) is 1.81. The number of thioether (sulfide) groups is 1. The first kappa shape index (κ1) is 14.5. The summed E-state index contributed by atoms with van der Waals surface area (Å²) in [4.78, 5) is 24.9. The Hall–Kier alpha value is -1.89. The topological polar surface area (TPSA) is 67.9 Å². The van der Waals surface area contributed by atoms with E-state index >= 15 is 0 Å². The zero-order chi connectivity index (χ0) is 14.5. The van der Waals surface area contributed by atoms with Crippen molar-refractivity contribution in [3.63, 3.8) is 0 Å². The van der Waals surface area contributed by atoms with Crippen molar-refractivity contribution in [2.45, 2.75) is 0 Å². The third kappa shape index (κ3) is 3.36. The minimum atomic E-state index is -0.257. The van der Waals surface area contributed by atoms with Crippen molar-refractivity contribution in [2.75, 3.05) is 38.4 Å². The fourth-order valence-corrected chi connectivity index (χ4v) is 2.67. The summed E-state index contributed by atoms with van der Waals surface area (Å²) in [6.45, 7) is 0.651. The van der Waals surface area contributed by atoms with Gasteiger partial charge >= 0.3 is 0 Å². The van der Waals surface area contributed by atoms with Crippen molar-refractivity contribution >= 4 is 28.6 Å². The molecule has 0 spiro atoms. The Balaban J connectivity index is 2.04. The zero-order valence-corrected chi connectivity index (χ0v) is 12.2. The van der Waals surface area contributed by atoms with Gasteiger partial charge < -0.3 is 19.7 Å². The van der Waals surface area contributed by atoms with E-state index in [1.807, 2.05) is 0 Å². The Morgan fingerprint density at radius 3 is 2.80 bits per heavy atom. The lowest BCUT2D eigenvalue weighted by Crippen LogP contribution is -2.33. The molecule has 0 aliphatic carbocycles. The second-order valence-electron chi connectivity index (χ2n) is 4.15. The Labute approximate surface area is 121 Å². The summed E-state index contributed by atoms with van der Waals surface area (Å²) >= 11 is 1.23. The number of anilines is 1. The molecule has 0 unspecified atom stereocenters. The summed E-state index contributed by atoms with van der Waals surface area (Å²) in [6.07, 6.45) is 0. The molecule has 0 bridgehead atoms. The van der Waals surface area contributed by atoms with E-state index < -0.39 is 0 Å². The Morgan fingerprint density at radius 2 is 2.20 bits per heavy atom. The third-order valence-electron chi connectivity index (χ3n) is 2.86. The molecule has 0 aromatic heterocycles. The van der Waals surface area contributed by atoms with Crippen LogP contribution in [0.5, 0.6) is 11.5 Å². The van der Waals surface area contributed by atoms with Crippen LogP contribution in [0.2, 0.25) is 0 Å². The molecule has 1 aromatic carbocycles. The highest BCUT2D eigenvalue weighted by atomic mass is 32.2. The van der Waals surface area contributed by atoms with E-state index in [2.05, 4.69) is 5.32 Å². The molecule has 1 fully saturated rings.